The Morgan fingerprint density at radius 2 is 1.48 bits per heavy atom. The summed E-state index contributed by atoms with van der Waals surface area (Å²) >= 11 is 0. The summed E-state index contributed by atoms with van der Waals surface area (Å²) in [5.74, 6) is 0.934. The number of nitrogens with zero attached hydrogens (tertiary/aromatic N) is 1. The number of ether oxygens (including phenoxy) is 2. The second kappa shape index (κ2) is 9.53. The third-order valence-electron chi connectivity index (χ3n) is 4.76. The topological polar surface area (TPSA) is 84.9 Å². The minimum atomic E-state index is -3.73. The number of carbonyl (C=O) groups is 1. The lowest BCUT2D eigenvalue weighted by molar-refractivity contribution is 0.0950. The van der Waals surface area contributed by atoms with Gasteiger partial charge in [0.25, 0.3) is 15.9 Å². The van der Waals surface area contributed by atoms with E-state index in [2.05, 4.69) is 5.32 Å². The van der Waals surface area contributed by atoms with Gasteiger partial charge in [-0.2, -0.15) is 0 Å². The highest BCUT2D eigenvalue weighted by Crippen LogP contribution is 2.23. The van der Waals surface area contributed by atoms with Crippen molar-refractivity contribution in [2.24, 2.45) is 0 Å². The highest BCUT2D eigenvalue weighted by Gasteiger charge is 2.21. The van der Waals surface area contributed by atoms with Crippen LogP contribution in [0.4, 0.5) is 5.69 Å². The predicted molar refractivity (Wildman–Crippen MR) is 119 cm³/mol. The van der Waals surface area contributed by atoms with Crippen LogP contribution in [0.3, 0.4) is 0 Å². The van der Waals surface area contributed by atoms with Gasteiger partial charge in [0.2, 0.25) is 0 Å². The minimum Gasteiger partial charge on any atom is -0.497 e. The first kappa shape index (κ1) is 22.2. The van der Waals surface area contributed by atoms with Crippen LogP contribution in [0.25, 0.3) is 0 Å². The molecule has 0 aliphatic carbocycles. The van der Waals surface area contributed by atoms with Crippen LogP contribution in [0.15, 0.2) is 77.7 Å². The van der Waals surface area contributed by atoms with Crippen LogP contribution in [-0.4, -0.2) is 35.6 Å². The lowest BCUT2D eigenvalue weighted by Gasteiger charge is -2.19. The summed E-state index contributed by atoms with van der Waals surface area (Å²) in [7, 11) is 0.877. The zero-order valence-corrected chi connectivity index (χ0v) is 18.3. The van der Waals surface area contributed by atoms with Crippen molar-refractivity contribution in [3.8, 4) is 11.5 Å². The van der Waals surface area contributed by atoms with E-state index < -0.39 is 10.0 Å². The molecule has 0 aliphatic heterocycles. The molecule has 0 atom stereocenters. The smallest absolute Gasteiger partial charge is 0.264 e. The molecule has 1 N–H and O–H groups in total. The molecule has 31 heavy (non-hydrogen) atoms. The number of anilines is 1. The number of amides is 1. The van der Waals surface area contributed by atoms with E-state index in [-0.39, 0.29) is 17.3 Å². The number of hydrogen-bond donors (Lipinski definition) is 1. The normalized spacial score (nSPS) is 10.9. The maximum absolute atomic E-state index is 12.8. The largest absolute Gasteiger partial charge is 0.497 e. The van der Waals surface area contributed by atoms with Gasteiger partial charge in [0.15, 0.2) is 0 Å². The average molecular weight is 441 g/mol. The van der Waals surface area contributed by atoms with Crippen molar-refractivity contribution in [1.82, 2.24) is 5.32 Å². The molecule has 3 aromatic rings. The Balaban J connectivity index is 1.70. The SMILES string of the molecule is COc1cc(CNC(=O)c2ccc(S(=O)(=O)N(C)c3ccccc3)cc2)cc(OC)c1. The summed E-state index contributed by atoms with van der Waals surface area (Å²) in [6, 6.07) is 20.0. The predicted octanol–water partition coefficient (Wildman–Crippen LogP) is 3.46. The van der Waals surface area contributed by atoms with Gasteiger partial charge >= 0.3 is 0 Å². The molecular weight excluding hydrogens is 416 g/mol. The van der Waals surface area contributed by atoms with Gasteiger partial charge in [-0.1, -0.05) is 18.2 Å². The summed E-state index contributed by atoms with van der Waals surface area (Å²) in [5, 5.41) is 2.81. The fourth-order valence-electron chi connectivity index (χ4n) is 2.97. The summed E-state index contributed by atoms with van der Waals surface area (Å²) in [5.41, 5.74) is 1.72. The first-order valence-corrected chi connectivity index (χ1v) is 10.9. The number of hydrogen-bond acceptors (Lipinski definition) is 5. The van der Waals surface area contributed by atoms with Crippen molar-refractivity contribution in [2.75, 3.05) is 25.6 Å². The highest BCUT2D eigenvalue weighted by atomic mass is 32.2. The third kappa shape index (κ3) is 5.16. The van der Waals surface area contributed by atoms with Crippen molar-refractivity contribution in [3.63, 3.8) is 0 Å². The van der Waals surface area contributed by atoms with Gasteiger partial charge in [-0.3, -0.25) is 9.10 Å². The molecule has 162 valence electrons. The molecule has 3 aromatic carbocycles. The van der Waals surface area contributed by atoms with E-state index in [1.807, 2.05) is 6.07 Å². The van der Waals surface area contributed by atoms with Crippen LogP contribution in [0, 0.1) is 0 Å². The second-order valence-electron chi connectivity index (χ2n) is 6.74. The molecule has 3 rings (SSSR count). The molecule has 0 unspecified atom stereocenters. The van der Waals surface area contributed by atoms with Crippen LogP contribution in [0.1, 0.15) is 15.9 Å². The zero-order chi connectivity index (χ0) is 22.4. The Labute approximate surface area is 182 Å². The minimum absolute atomic E-state index is 0.105. The van der Waals surface area contributed by atoms with Crippen molar-refractivity contribution < 1.29 is 22.7 Å². The number of rotatable bonds is 8. The molecule has 0 bridgehead atoms. The number of sulfonamides is 1. The van der Waals surface area contributed by atoms with E-state index in [4.69, 9.17) is 9.47 Å². The van der Waals surface area contributed by atoms with Gasteiger partial charge in [0.05, 0.1) is 24.8 Å². The average Bonchev–Trinajstić information content (AvgIpc) is 2.82. The molecule has 8 heteroatoms. The molecule has 7 nitrogen and oxygen atoms in total. The van der Waals surface area contributed by atoms with Gasteiger partial charge < -0.3 is 14.8 Å². The molecule has 0 radical (unpaired) electrons. The van der Waals surface area contributed by atoms with Crippen molar-refractivity contribution in [3.05, 3.63) is 83.9 Å². The Morgan fingerprint density at radius 1 is 0.903 bits per heavy atom. The van der Waals surface area contributed by atoms with Gasteiger partial charge in [-0.05, 0) is 54.1 Å². The Kier molecular flexibility index (Phi) is 6.81. The van der Waals surface area contributed by atoms with Crippen molar-refractivity contribution in [1.29, 1.82) is 0 Å². The molecule has 0 aromatic heterocycles. The highest BCUT2D eigenvalue weighted by molar-refractivity contribution is 7.92. The molecule has 0 saturated heterocycles. The lowest BCUT2D eigenvalue weighted by atomic mass is 10.1. The number of nitrogens with one attached hydrogen (secondary N) is 1. The molecule has 0 fully saturated rings. The standard InChI is InChI=1S/C23H24N2O5S/c1-25(19-7-5-4-6-8-19)31(27,28)22-11-9-18(10-12-22)23(26)24-16-17-13-20(29-2)15-21(14-17)30-3/h4-15H,16H2,1-3H3,(H,24,26). The van der Waals surface area contributed by atoms with E-state index in [9.17, 15) is 13.2 Å². The summed E-state index contributed by atoms with van der Waals surface area (Å²) in [6.45, 7) is 0.267. The molecule has 0 heterocycles. The number of carbonyl (C=O) groups excluding carboxylic acids is 1. The number of methoxy groups -OCH3 is 2. The third-order valence-corrected chi connectivity index (χ3v) is 6.56. The number of para-hydroxylation sites is 1. The summed E-state index contributed by atoms with van der Waals surface area (Å²) in [4.78, 5) is 12.6. The van der Waals surface area contributed by atoms with Crippen molar-refractivity contribution in [2.45, 2.75) is 11.4 Å². The van der Waals surface area contributed by atoms with Crippen LogP contribution >= 0.6 is 0 Å². The number of benzene rings is 3. The van der Waals surface area contributed by atoms with E-state index in [1.165, 1.54) is 35.6 Å². The first-order valence-electron chi connectivity index (χ1n) is 9.49. The molecule has 0 saturated carbocycles. The van der Waals surface area contributed by atoms with E-state index in [0.717, 1.165) is 5.56 Å². The summed E-state index contributed by atoms with van der Waals surface area (Å²) in [6.07, 6.45) is 0. The molecule has 0 spiro atoms. The van der Waals surface area contributed by atoms with Crippen LogP contribution in [0.2, 0.25) is 0 Å². The van der Waals surface area contributed by atoms with Crippen LogP contribution in [-0.2, 0) is 16.6 Å². The van der Waals surface area contributed by atoms with Gasteiger partial charge in [-0.15, -0.1) is 0 Å². The molecule has 1 amide bonds. The Hall–Kier alpha value is -3.52. The summed E-state index contributed by atoms with van der Waals surface area (Å²) < 4.78 is 37.4. The van der Waals surface area contributed by atoms with E-state index >= 15 is 0 Å². The van der Waals surface area contributed by atoms with Crippen LogP contribution < -0.4 is 19.1 Å². The fraction of sp³-hybridized carbons (Fsp3) is 0.174. The maximum atomic E-state index is 12.8. The lowest BCUT2D eigenvalue weighted by Crippen LogP contribution is -2.27. The Morgan fingerprint density at radius 3 is 2.03 bits per heavy atom. The van der Waals surface area contributed by atoms with Gasteiger partial charge in [0, 0.05) is 25.2 Å². The van der Waals surface area contributed by atoms with E-state index in [1.54, 1.807) is 56.7 Å². The molecular formula is C23H24N2O5S. The zero-order valence-electron chi connectivity index (χ0n) is 17.5. The van der Waals surface area contributed by atoms with Crippen LogP contribution in [0.5, 0.6) is 11.5 Å². The fourth-order valence-corrected chi connectivity index (χ4v) is 4.16. The second-order valence-corrected chi connectivity index (χ2v) is 8.71. The van der Waals surface area contributed by atoms with E-state index in [0.29, 0.717) is 22.7 Å². The first-order chi connectivity index (χ1) is 14.8. The van der Waals surface area contributed by atoms with Gasteiger partial charge in [-0.25, -0.2) is 8.42 Å². The van der Waals surface area contributed by atoms with Gasteiger partial charge in [0.1, 0.15) is 11.5 Å². The Bertz CT molecular complexity index is 1120. The van der Waals surface area contributed by atoms with Crippen molar-refractivity contribution >= 4 is 21.6 Å². The molecule has 0 aliphatic rings. The maximum Gasteiger partial charge on any atom is 0.264 e. The quantitative estimate of drug-likeness (QED) is 0.580. The monoisotopic (exact) mass is 440 g/mol.